The minimum absolute atomic E-state index is 0.00218. The Kier molecular flexibility index (Phi) is 5.78. The van der Waals surface area contributed by atoms with E-state index < -0.39 is 0 Å². The Morgan fingerprint density at radius 2 is 1.63 bits per heavy atom. The second-order valence-corrected chi connectivity index (χ2v) is 15.3. The molecule has 0 aromatic heterocycles. The number of rotatable bonds is 1. The maximum Gasteiger partial charge on any atom is 0.302 e. The monoisotopic (exact) mass is 484 g/mol. The maximum absolute atomic E-state index is 11.9. The summed E-state index contributed by atoms with van der Waals surface area (Å²) in [7, 11) is 0. The van der Waals surface area contributed by atoms with Crippen LogP contribution in [0.4, 0.5) is 0 Å². The first-order valence-corrected chi connectivity index (χ1v) is 14.6. The number of aliphatic hydroxyl groups is 1. The molecule has 1 N–H and O–H groups in total. The Morgan fingerprint density at radius 3 is 2.29 bits per heavy atom. The highest BCUT2D eigenvalue weighted by Crippen LogP contribution is 2.76. The number of hydrogen-bond acceptors (Lipinski definition) is 3. The lowest BCUT2D eigenvalue weighted by Crippen LogP contribution is -2.69. The topological polar surface area (TPSA) is 46.5 Å². The van der Waals surface area contributed by atoms with Gasteiger partial charge in [0.15, 0.2) is 0 Å². The van der Waals surface area contributed by atoms with E-state index in [1.54, 1.807) is 6.92 Å². The number of allylic oxidation sites excluding steroid dienone is 2. The lowest BCUT2D eigenvalue weighted by molar-refractivity contribution is -0.268. The molecule has 0 unspecified atom stereocenters. The number of carbonyl (C=O) groups excluding carboxylic acids is 1. The van der Waals surface area contributed by atoms with Crippen molar-refractivity contribution in [2.75, 3.05) is 0 Å². The van der Waals surface area contributed by atoms with Crippen LogP contribution in [-0.4, -0.2) is 23.3 Å². The van der Waals surface area contributed by atoms with Gasteiger partial charge in [-0.05, 0) is 104 Å². The van der Waals surface area contributed by atoms with E-state index in [0.29, 0.717) is 29.6 Å². The maximum atomic E-state index is 11.9. The third-order valence-electron chi connectivity index (χ3n) is 13.9. The van der Waals surface area contributed by atoms with Crippen LogP contribution in [-0.2, 0) is 9.53 Å². The molecule has 0 bridgehead atoms. The predicted molar refractivity (Wildman–Crippen MR) is 142 cm³/mol. The van der Waals surface area contributed by atoms with Crippen LogP contribution in [0.15, 0.2) is 11.6 Å². The smallest absolute Gasteiger partial charge is 0.302 e. The molecule has 5 rings (SSSR count). The molecule has 11 atom stereocenters. The van der Waals surface area contributed by atoms with Gasteiger partial charge in [-0.1, -0.05) is 60.1 Å². The lowest BCUT2D eigenvalue weighted by atomic mass is 9.31. The number of ether oxygens (including phenoxy) is 1. The molecular weight excluding hydrogens is 432 g/mol. The fourth-order valence-electron chi connectivity index (χ4n) is 11.7. The standard InChI is InChI=1S/C32H52O3/c1-19-12-15-30(7)25(34)18-32(9)22(27(30)20(19)2)10-11-24-29(6)16-14-26(35-21(3)33)28(4,5)23(29)13-17-31(24,32)8/h12,20,22-27,34H,10-11,13-18H2,1-9H3/t20-,22-,23+,24-,25-,26+,27-,29+,30-,31-,32-/m1/s1. The summed E-state index contributed by atoms with van der Waals surface area (Å²) in [5.41, 5.74) is 2.22. The van der Waals surface area contributed by atoms with E-state index in [1.807, 2.05) is 0 Å². The fourth-order valence-corrected chi connectivity index (χ4v) is 11.7. The van der Waals surface area contributed by atoms with Crippen molar-refractivity contribution in [3.8, 4) is 0 Å². The summed E-state index contributed by atoms with van der Waals surface area (Å²) >= 11 is 0. The second kappa shape index (κ2) is 7.84. The number of esters is 1. The van der Waals surface area contributed by atoms with Crippen molar-refractivity contribution in [3.05, 3.63) is 11.6 Å². The van der Waals surface area contributed by atoms with Gasteiger partial charge in [0.2, 0.25) is 0 Å². The zero-order chi connectivity index (χ0) is 25.8. The third-order valence-corrected chi connectivity index (χ3v) is 13.9. The zero-order valence-corrected chi connectivity index (χ0v) is 24.0. The normalized spacial score (nSPS) is 54.9. The van der Waals surface area contributed by atoms with Crippen molar-refractivity contribution >= 4 is 5.97 Å². The van der Waals surface area contributed by atoms with Gasteiger partial charge >= 0.3 is 5.97 Å². The molecular formula is C32H52O3. The lowest BCUT2D eigenvalue weighted by Gasteiger charge is -2.74. The van der Waals surface area contributed by atoms with Crippen molar-refractivity contribution in [1.29, 1.82) is 0 Å². The third kappa shape index (κ3) is 3.21. The van der Waals surface area contributed by atoms with Crippen molar-refractivity contribution in [3.63, 3.8) is 0 Å². The van der Waals surface area contributed by atoms with E-state index in [4.69, 9.17) is 4.74 Å². The summed E-state index contributed by atoms with van der Waals surface area (Å²) in [6, 6.07) is 0. The Hall–Kier alpha value is -0.830. The van der Waals surface area contributed by atoms with Gasteiger partial charge in [-0.2, -0.15) is 0 Å². The first-order valence-electron chi connectivity index (χ1n) is 14.6. The van der Waals surface area contributed by atoms with Gasteiger partial charge in [0.1, 0.15) is 6.10 Å². The molecule has 5 aliphatic rings. The highest BCUT2D eigenvalue weighted by molar-refractivity contribution is 5.66. The van der Waals surface area contributed by atoms with Crippen LogP contribution in [0.5, 0.6) is 0 Å². The van der Waals surface area contributed by atoms with E-state index in [9.17, 15) is 9.90 Å². The predicted octanol–water partition coefficient (Wildman–Crippen LogP) is 7.57. The molecule has 4 fully saturated rings. The van der Waals surface area contributed by atoms with Gasteiger partial charge in [-0.3, -0.25) is 4.79 Å². The van der Waals surface area contributed by atoms with Crippen LogP contribution in [0.3, 0.4) is 0 Å². The first kappa shape index (κ1) is 25.8. The Bertz CT molecular complexity index is 920. The van der Waals surface area contributed by atoms with E-state index in [-0.39, 0.29) is 45.3 Å². The molecule has 0 aliphatic heterocycles. The van der Waals surface area contributed by atoms with Gasteiger partial charge in [0, 0.05) is 17.8 Å². The summed E-state index contributed by atoms with van der Waals surface area (Å²) in [5.74, 6) is 2.91. The van der Waals surface area contributed by atoms with Gasteiger partial charge in [0.25, 0.3) is 0 Å². The molecule has 5 aliphatic carbocycles. The minimum atomic E-state index is -0.224. The van der Waals surface area contributed by atoms with Gasteiger partial charge in [-0.15, -0.1) is 0 Å². The molecule has 35 heavy (non-hydrogen) atoms. The molecule has 0 heterocycles. The number of hydrogen-bond donors (Lipinski definition) is 1. The van der Waals surface area contributed by atoms with Crippen LogP contribution < -0.4 is 0 Å². The first-order chi connectivity index (χ1) is 16.1. The van der Waals surface area contributed by atoms with Crippen LogP contribution in [0.1, 0.15) is 114 Å². The molecule has 198 valence electrons. The van der Waals surface area contributed by atoms with Crippen molar-refractivity contribution in [1.82, 2.24) is 0 Å². The van der Waals surface area contributed by atoms with E-state index in [2.05, 4.69) is 61.5 Å². The average Bonchev–Trinajstić information content (AvgIpc) is 2.75. The quantitative estimate of drug-likeness (QED) is 0.308. The molecule has 0 amide bonds. The summed E-state index contributed by atoms with van der Waals surface area (Å²) in [6.07, 6.45) is 11.4. The fraction of sp³-hybridized carbons (Fsp3) is 0.906. The molecule has 0 aromatic carbocycles. The van der Waals surface area contributed by atoms with E-state index in [1.165, 1.54) is 31.3 Å². The summed E-state index contributed by atoms with van der Waals surface area (Å²) in [6.45, 7) is 21.3. The van der Waals surface area contributed by atoms with Crippen molar-refractivity contribution < 1.29 is 14.6 Å². The minimum Gasteiger partial charge on any atom is -0.462 e. The molecule has 0 aromatic rings. The summed E-state index contributed by atoms with van der Waals surface area (Å²) in [4.78, 5) is 11.9. The SMILES string of the molecule is CC(=O)O[C@H]1CC[C@]2(C)[C@H]3CC[C@@H]4[C@H]5[C@H](C)C(C)=CC[C@]5(C)[C@H](O)C[C@@]4(C)[C@]3(C)CC[C@H]2C1(C)C. The summed E-state index contributed by atoms with van der Waals surface area (Å²) in [5, 5.41) is 11.8. The highest BCUT2D eigenvalue weighted by atomic mass is 16.5. The number of aliphatic hydroxyl groups excluding tert-OH is 1. The molecule has 0 saturated heterocycles. The van der Waals surface area contributed by atoms with Gasteiger partial charge in [0.05, 0.1) is 6.10 Å². The van der Waals surface area contributed by atoms with Crippen LogP contribution >= 0.6 is 0 Å². The van der Waals surface area contributed by atoms with E-state index >= 15 is 0 Å². The average molecular weight is 485 g/mol. The van der Waals surface area contributed by atoms with Crippen LogP contribution in [0, 0.1) is 56.7 Å². The van der Waals surface area contributed by atoms with Gasteiger partial charge in [-0.25, -0.2) is 0 Å². The Labute approximate surface area is 214 Å². The number of carbonyl (C=O) groups is 1. The highest BCUT2D eigenvalue weighted by Gasteiger charge is 2.71. The van der Waals surface area contributed by atoms with Crippen molar-refractivity contribution in [2.45, 2.75) is 126 Å². The van der Waals surface area contributed by atoms with Crippen LogP contribution in [0.2, 0.25) is 0 Å². The largest absolute Gasteiger partial charge is 0.462 e. The molecule has 0 spiro atoms. The zero-order valence-electron chi connectivity index (χ0n) is 24.0. The summed E-state index contributed by atoms with van der Waals surface area (Å²) < 4.78 is 5.90. The van der Waals surface area contributed by atoms with E-state index in [0.717, 1.165) is 25.7 Å². The molecule has 3 nitrogen and oxygen atoms in total. The Morgan fingerprint density at radius 1 is 0.943 bits per heavy atom. The molecule has 4 saturated carbocycles. The molecule has 3 heteroatoms. The van der Waals surface area contributed by atoms with Gasteiger partial charge < -0.3 is 9.84 Å². The molecule has 0 radical (unpaired) electrons. The van der Waals surface area contributed by atoms with Crippen molar-refractivity contribution in [2.24, 2.45) is 56.7 Å². The number of fused-ring (bicyclic) bond motifs is 7. The van der Waals surface area contributed by atoms with Crippen LogP contribution in [0.25, 0.3) is 0 Å². The Balaban J connectivity index is 1.53. The second-order valence-electron chi connectivity index (χ2n) is 15.3.